The van der Waals surface area contributed by atoms with Crippen LogP contribution in [0.15, 0.2) is 39.3 Å². The number of hydrogen-bond donors (Lipinski definition) is 1. The average Bonchev–Trinajstić information content (AvgIpc) is 2.84. The molecule has 0 spiro atoms. The maximum absolute atomic E-state index is 10.9. The smallest absolute Gasteiger partial charge is 0.153 e. The number of nitroso groups, excluding NO2 is 1. The van der Waals surface area contributed by atoms with Crippen molar-refractivity contribution in [1.82, 2.24) is 0 Å². The van der Waals surface area contributed by atoms with Gasteiger partial charge in [-0.3, -0.25) is 4.79 Å². The lowest BCUT2D eigenvalue weighted by Crippen LogP contribution is -1.88. The first kappa shape index (κ1) is 18.5. The normalized spacial score (nSPS) is 8.60. The van der Waals surface area contributed by atoms with Crippen LogP contribution in [0.1, 0.15) is 24.2 Å². The highest BCUT2D eigenvalue weighted by molar-refractivity contribution is 9.10. The molecule has 0 unspecified atom stereocenters. The molecule has 0 bridgehead atoms. The Morgan fingerprint density at radius 1 is 1.25 bits per heavy atom. The summed E-state index contributed by atoms with van der Waals surface area (Å²) in [6, 6.07) is 7.80. The molecule has 0 atom stereocenters. The van der Waals surface area contributed by atoms with E-state index in [9.17, 15) is 4.79 Å². The molecule has 0 amide bonds. The molecule has 0 radical (unpaired) electrons. The van der Waals surface area contributed by atoms with Crippen LogP contribution < -0.4 is 5.73 Å². The molecule has 1 aromatic carbocycles. The van der Waals surface area contributed by atoms with Crippen LogP contribution in [0.5, 0.6) is 0 Å². The molecule has 0 saturated carbocycles. The van der Waals surface area contributed by atoms with Gasteiger partial charge in [-0.2, -0.15) is 4.91 Å². The van der Waals surface area contributed by atoms with Gasteiger partial charge in [0, 0.05) is 15.4 Å². The number of rotatable bonds is 2. The molecule has 1 heterocycles. The zero-order valence-electron chi connectivity index (χ0n) is 11.6. The number of nitrogens with two attached hydrogens (primary N) is 1. The fourth-order valence-corrected chi connectivity index (χ4v) is 2.41. The maximum atomic E-state index is 10.9. The number of benzene rings is 1. The Morgan fingerprint density at radius 3 is 2.20 bits per heavy atom. The predicted molar refractivity (Wildman–Crippen MR) is 90.3 cm³/mol. The van der Waals surface area contributed by atoms with Crippen LogP contribution in [-0.4, -0.2) is 13.3 Å². The third-order valence-electron chi connectivity index (χ3n) is 2.13. The Morgan fingerprint density at radius 2 is 1.75 bits per heavy atom. The zero-order chi connectivity index (χ0) is 15.5. The highest BCUT2D eigenvalue weighted by Gasteiger charge is 2.09. The quantitative estimate of drug-likeness (QED) is 0.608. The summed E-state index contributed by atoms with van der Waals surface area (Å²) in [5.74, 6) is 0. The lowest BCUT2D eigenvalue weighted by Gasteiger charge is -1.99. The number of carbonyl (C=O) groups excluding carboxylic acids is 1. The molecule has 20 heavy (non-hydrogen) atoms. The summed E-state index contributed by atoms with van der Waals surface area (Å²) in [7, 11) is 1.19. The third kappa shape index (κ3) is 5.22. The molecule has 108 valence electrons. The second kappa shape index (κ2) is 10.3. The monoisotopic (exact) mass is 356 g/mol. The van der Waals surface area contributed by atoms with Gasteiger partial charge in [0.15, 0.2) is 6.29 Å². The molecule has 0 aliphatic carbocycles. The van der Waals surface area contributed by atoms with E-state index in [1.807, 2.05) is 43.5 Å². The van der Waals surface area contributed by atoms with Crippen LogP contribution >= 0.6 is 27.3 Å². The lowest BCUT2D eigenvalue weighted by molar-refractivity contribution is 0.112. The van der Waals surface area contributed by atoms with E-state index < -0.39 is 0 Å². The van der Waals surface area contributed by atoms with Crippen molar-refractivity contribution in [2.24, 2.45) is 5.18 Å². The van der Waals surface area contributed by atoms with Gasteiger partial charge in [0.2, 0.25) is 0 Å². The molecule has 6 heteroatoms. The van der Waals surface area contributed by atoms with Gasteiger partial charge in [0.05, 0.1) is 17.6 Å². The molecule has 2 aromatic rings. The standard InChI is InChI=1S/C11H8BrNOS.C2H6.CH3NO/c12-8-3-1-7(2-4-8)10-6-15-11(13)9(10)5-14;1-2;1-2-3/h1-6H,13H2;1-2H3;1H3. The van der Waals surface area contributed by atoms with E-state index in [1.165, 1.54) is 18.4 Å². The van der Waals surface area contributed by atoms with Crippen LogP contribution in [0.4, 0.5) is 5.00 Å². The van der Waals surface area contributed by atoms with Crippen molar-refractivity contribution in [2.45, 2.75) is 13.8 Å². The van der Waals surface area contributed by atoms with E-state index in [2.05, 4.69) is 21.1 Å². The second-order valence-electron chi connectivity index (χ2n) is 3.23. The van der Waals surface area contributed by atoms with Gasteiger partial charge in [-0.05, 0) is 17.7 Å². The van der Waals surface area contributed by atoms with Crippen molar-refractivity contribution in [3.63, 3.8) is 0 Å². The van der Waals surface area contributed by atoms with Crippen LogP contribution in [0, 0.1) is 4.91 Å². The van der Waals surface area contributed by atoms with Crippen molar-refractivity contribution in [2.75, 3.05) is 12.8 Å². The van der Waals surface area contributed by atoms with Crippen LogP contribution in [0.3, 0.4) is 0 Å². The topological polar surface area (TPSA) is 72.5 Å². The molecule has 0 saturated heterocycles. The number of nitrogens with zero attached hydrogens (tertiary/aromatic N) is 1. The van der Waals surface area contributed by atoms with Crippen molar-refractivity contribution >= 4 is 38.6 Å². The highest BCUT2D eigenvalue weighted by Crippen LogP contribution is 2.32. The summed E-state index contributed by atoms with van der Waals surface area (Å²) in [6.07, 6.45) is 0.809. The first-order valence-electron chi connectivity index (χ1n) is 5.93. The van der Waals surface area contributed by atoms with Gasteiger partial charge in [-0.25, -0.2) is 0 Å². The van der Waals surface area contributed by atoms with Gasteiger partial charge >= 0.3 is 0 Å². The Labute approximate surface area is 131 Å². The zero-order valence-corrected chi connectivity index (χ0v) is 14.0. The van der Waals surface area contributed by atoms with Crippen LogP contribution in [-0.2, 0) is 0 Å². The van der Waals surface area contributed by atoms with E-state index in [0.29, 0.717) is 10.6 Å². The number of halogens is 1. The number of anilines is 1. The molecular formula is C14H17BrN2O2S. The minimum atomic E-state index is 0.572. The lowest BCUT2D eigenvalue weighted by atomic mass is 10.1. The fourth-order valence-electron chi connectivity index (χ4n) is 1.36. The first-order chi connectivity index (χ1) is 9.63. The molecule has 1 aromatic heterocycles. The van der Waals surface area contributed by atoms with Gasteiger partial charge in [-0.1, -0.05) is 47.1 Å². The van der Waals surface area contributed by atoms with Crippen molar-refractivity contribution in [3.8, 4) is 11.1 Å². The first-order valence-corrected chi connectivity index (χ1v) is 7.60. The SMILES string of the molecule is CC.CN=O.Nc1scc(-c2ccc(Br)cc2)c1C=O. The molecule has 0 aliphatic heterocycles. The minimum absolute atomic E-state index is 0.572. The van der Waals surface area contributed by atoms with Gasteiger partial charge < -0.3 is 5.73 Å². The summed E-state index contributed by atoms with van der Waals surface area (Å²) < 4.78 is 1.02. The third-order valence-corrected chi connectivity index (χ3v) is 3.49. The summed E-state index contributed by atoms with van der Waals surface area (Å²) in [5, 5.41) is 4.73. The average molecular weight is 357 g/mol. The maximum Gasteiger partial charge on any atom is 0.153 e. The summed E-state index contributed by atoms with van der Waals surface area (Å²) in [6.45, 7) is 4.00. The summed E-state index contributed by atoms with van der Waals surface area (Å²) in [4.78, 5) is 19.4. The molecular weight excluding hydrogens is 340 g/mol. The minimum Gasteiger partial charge on any atom is -0.390 e. The van der Waals surface area contributed by atoms with Crippen molar-refractivity contribution in [3.05, 3.63) is 44.6 Å². The Kier molecular flexibility index (Phi) is 9.49. The van der Waals surface area contributed by atoms with E-state index in [4.69, 9.17) is 10.6 Å². The number of carbonyl (C=O) groups is 1. The number of aldehydes is 1. The Bertz CT molecular complexity index is 539. The summed E-state index contributed by atoms with van der Waals surface area (Å²) >= 11 is 4.76. The van der Waals surface area contributed by atoms with Gasteiger partial charge in [0.25, 0.3) is 0 Å². The predicted octanol–water partition coefficient (Wildman–Crippen LogP) is 4.98. The van der Waals surface area contributed by atoms with E-state index in [1.54, 1.807) is 0 Å². The highest BCUT2D eigenvalue weighted by atomic mass is 79.9. The fraction of sp³-hybridized carbons (Fsp3) is 0.214. The Balaban J connectivity index is 0.000000641. The van der Waals surface area contributed by atoms with Gasteiger partial charge in [0.1, 0.15) is 0 Å². The molecule has 2 N–H and O–H groups in total. The molecule has 0 fully saturated rings. The Hall–Kier alpha value is -1.53. The van der Waals surface area contributed by atoms with Crippen molar-refractivity contribution in [1.29, 1.82) is 0 Å². The van der Waals surface area contributed by atoms with Crippen LogP contribution in [0.25, 0.3) is 11.1 Å². The van der Waals surface area contributed by atoms with Gasteiger partial charge in [-0.15, -0.1) is 11.3 Å². The largest absolute Gasteiger partial charge is 0.390 e. The van der Waals surface area contributed by atoms with E-state index >= 15 is 0 Å². The number of thiophene rings is 1. The van der Waals surface area contributed by atoms with Crippen molar-refractivity contribution < 1.29 is 4.79 Å². The number of hydrogen-bond acceptors (Lipinski definition) is 5. The van der Waals surface area contributed by atoms with E-state index in [0.717, 1.165) is 21.9 Å². The van der Waals surface area contributed by atoms with E-state index in [-0.39, 0.29) is 0 Å². The summed E-state index contributed by atoms with van der Waals surface area (Å²) in [5.41, 5.74) is 8.19. The van der Waals surface area contributed by atoms with Crippen LogP contribution in [0.2, 0.25) is 0 Å². The number of nitrogen functional groups attached to an aromatic ring is 1. The molecule has 4 nitrogen and oxygen atoms in total. The second-order valence-corrected chi connectivity index (χ2v) is 5.06. The molecule has 0 aliphatic rings. The molecule has 2 rings (SSSR count).